The molecule has 0 spiro atoms. The number of hydrogen-bond acceptors (Lipinski definition) is 5. The van der Waals surface area contributed by atoms with Crippen LogP contribution >= 0.6 is 0 Å². The van der Waals surface area contributed by atoms with E-state index in [0.29, 0.717) is 19.3 Å². The van der Waals surface area contributed by atoms with E-state index in [4.69, 9.17) is 22.8 Å². The fraction of sp³-hybridized carbons (Fsp3) is 0.368. The first-order chi connectivity index (χ1) is 12.3. The zero-order valence-corrected chi connectivity index (χ0v) is 15.4. The van der Waals surface area contributed by atoms with E-state index in [0.717, 1.165) is 24.5 Å². The van der Waals surface area contributed by atoms with Crippen LogP contribution in [0.4, 0.5) is 0 Å². The Morgan fingerprint density at radius 1 is 0.960 bits per heavy atom. The minimum Gasteiger partial charge on any atom is -0.492 e. The molecule has 1 saturated heterocycles. The Labute approximate surface area is 149 Å². The van der Waals surface area contributed by atoms with Gasteiger partial charge in [-0.1, -0.05) is 36.4 Å². The Bertz CT molecular complexity index is 577. The third kappa shape index (κ3) is 5.86. The molecule has 1 fully saturated rings. The van der Waals surface area contributed by atoms with Crippen LogP contribution in [0.5, 0.6) is 11.5 Å². The molecule has 0 bridgehead atoms. The number of hydrogen-bond donors (Lipinski definition) is 0. The van der Waals surface area contributed by atoms with Crippen molar-refractivity contribution in [3.8, 4) is 11.5 Å². The van der Waals surface area contributed by atoms with Crippen LogP contribution in [-0.4, -0.2) is 41.8 Å². The van der Waals surface area contributed by atoms with Crippen molar-refractivity contribution in [3.63, 3.8) is 0 Å². The van der Waals surface area contributed by atoms with Crippen LogP contribution in [0.2, 0.25) is 6.04 Å². The number of para-hydroxylation sites is 2. The normalized spacial score (nSPS) is 16.4. The lowest BCUT2D eigenvalue weighted by molar-refractivity contribution is 0.113. The van der Waals surface area contributed by atoms with Crippen molar-refractivity contribution in [2.45, 2.75) is 18.6 Å². The van der Waals surface area contributed by atoms with Crippen LogP contribution < -0.4 is 8.85 Å². The van der Waals surface area contributed by atoms with Gasteiger partial charge < -0.3 is 22.8 Å². The number of epoxide rings is 1. The van der Waals surface area contributed by atoms with Crippen molar-refractivity contribution < 1.29 is 22.8 Å². The smallest absolute Gasteiger partial charge is 0.492 e. The predicted octanol–water partition coefficient (Wildman–Crippen LogP) is 3.54. The molecule has 134 valence electrons. The third-order valence-electron chi connectivity index (χ3n) is 3.82. The van der Waals surface area contributed by atoms with Gasteiger partial charge in [0, 0.05) is 19.8 Å². The van der Waals surface area contributed by atoms with Crippen LogP contribution in [0.15, 0.2) is 60.7 Å². The average molecular weight is 360 g/mol. The monoisotopic (exact) mass is 360 g/mol. The fourth-order valence-corrected chi connectivity index (χ4v) is 4.60. The highest BCUT2D eigenvalue weighted by Gasteiger charge is 2.45. The molecule has 1 heterocycles. The van der Waals surface area contributed by atoms with Gasteiger partial charge in [-0.25, -0.2) is 0 Å². The number of benzene rings is 2. The number of ether oxygens (including phenoxy) is 2. The summed E-state index contributed by atoms with van der Waals surface area (Å²) in [5.41, 5.74) is 0. The van der Waals surface area contributed by atoms with E-state index in [1.54, 1.807) is 7.11 Å². The van der Waals surface area contributed by atoms with Gasteiger partial charge in [-0.05, 0) is 30.7 Å². The highest BCUT2D eigenvalue weighted by molar-refractivity contribution is 6.62. The highest BCUT2D eigenvalue weighted by atomic mass is 28.4. The minimum atomic E-state index is -2.92. The van der Waals surface area contributed by atoms with Crippen molar-refractivity contribution in [1.82, 2.24) is 0 Å². The zero-order chi connectivity index (χ0) is 17.4. The van der Waals surface area contributed by atoms with Gasteiger partial charge in [0.2, 0.25) is 0 Å². The summed E-state index contributed by atoms with van der Waals surface area (Å²) in [6.07, 6.45) is 1.08. The van der Waals surface area contributed by atoms with Crippen LogP contribution in [-0.2, 0) is 13.9 Å². The molecule has 1 atom stereocenters. The molecule has 2 aromatic rings. The van der Waals surface area contributed by atoms with Gasteiger partial charge in [-0.15, -0.1) is 0 Å². The molecule has 6 heteroatoms. The van der Waals surface area contributed by atoms with E-state index in [1.807, 2.05) is 60.7 Å². The second kappa shape index (κ2) is 9.01. The van der Waals surface area contributed by atoms with Gasteiger partial charge in [0.1, 0.15) is 17.6 Å². The standard InChI is InChI=1S/C19H24O5Si/c1-20-25(23-17-9-4-2-5-10-17,24-18-11-6-3-7-12-18)14-8-13-21-15-19-16-22-19/h2-7,9-12,19H,8,13-16H2,1H3. The summed E-state index contributed by atoms with van der Waals surface area (Å²) >= 11 is 0. The van der Waals surface area contributed by atoms with Crippen molar-refractivity contribution in [1.29, 1.82) is 0 Å². The van der Waals surface area contributed by atoms with Gasteiger partial charge in [-0.3, -0.25) is 0 Å². The molecule has 1 aliphatic heterocycles. The zero-order valence-electron chi connectivity index (χ0n) is 14.4. The predicted molar refractivity (Wildman–Crippen MR) is 96.9 cm³/mol. The third-order valence-corrected chi connectivity index (χ3v) is 6.50. The lowest BCUT2D eigenvalue weighted by Gasteiger charge is -2.29. The molecule has 3 rings (SSSR count). The highest BCUT2D eigenvalue weighted by Crippen LogP contribution is 2.25. The summed E-state index contributed by atoms with van der Waals surface area (Å²) in [6, 6.07) is 20.0. The Morgan fingerprint density at radius 3 is 2.00 bits per heavy atom. The van der Waals surface area contributed by atoms with Gasteiger partial charge in [0.15, 0.2) is 0 Å². The number of rotatable bonds is 11. The molecule has 2 aromatic carbocycles. The maximum atomic E-state index is 6.21. The molecule has 0 amide bonds. The Hall–Kier alpha value is -1.86. The van der Waals surface area contributed by atoms with Gasteiger partial charge >= 0.3 is 8.80 Å². The van der Waals surface area contributed by atoms with E-state index in [9.17, 15) is 0 Å². The van der Waals surface area contributed by atoms with Crippen LogP contribution in [0.3, 0.4) is 0 Å². The van der Waals surface area contributed by atoms with Crippen LogP contribution in [0, 0.1) is 0 Å². The van der Waals surface area contributed by atoms with E-state index >= 15 is 0 Å². The molecule has 0 aliphatic carbocycles. The van der Waals surface area contributed by atoms with Gasteiger partial charge in [0.05, 0.1) is 13.2 Å². The molecule has 0 radical (unpaired) electrons. The Kier molecular flexibility index (Phi) is 6.46. The lowest BCUT2D eigenvalue weighted by atomic mass is 10.3. The Morgan fingerprint density at radius 2 is 1.52 bits per heavy atom. The Balaban J connectivity index is 1.63. The van der Waals surface area contributed by atoms with Crippen molar-refractivity contribution >= 4 is 8.80 Å². The van der Waals surface area contributed by atoms with Gasteiger partial charge in [-0.2, -0.15) is 0 Å². The van der Waals surface area contributed by atoms with Crippen molar-refractivity contribution in [2.24, 2.45) is 0 Å². The second-order valence-electron chi connectivity index (χ2n) is 5.85. The second-order valence-corrected chi connectivity index (χ2v) is 8.53. The molecule has 0 aromatic heterocycles. The summed E-state index contributed by atoms with van der Waals surface area (Å²) in [4.78, 5) is 0. The topological polar surface area (TPSA) is 49.5 Å². The largest absolute Gasteiger partial charge is 0.631 e. The van der Waals surface area contributed by atoms with E-state index in [-0.39, 0.29) is 6.10 Å². The molecule has 1 aliphatic rings. The maximum Gasteiger partial charge on any atom is 0.631 e. The first kappa shape index (κ1) is 17.9. The molecule has 0 N–H and O–H groups in total. The SMILES string of the molecule is CO[Si](CCCOCC1CO1)(Oc1ccccc1)Oc1ccccc1. The van der Waals surface area contributed by atoms with Crippen molar-refractivity contribution in [2.75, 3.05) is 26.9 Å². The molecule has 5 nitrogen and oxygen atoms in total. The first-order valence-corrected chi connectivity index (χ1v) is 10.5. The van der Waals surface area contributed by atoms with Gasteiger partial charge in [0.25, 0.3) is 0 Å². The maximum absolute atomic E-state index is 6.21. The first-order valence-electron chi connectivity index (χ1n) is 8.52. The molecule has 25 heavy (non-hydrogen) atoms. The minimum absolute atomic E-state index is 0.283. The molecule has 0 saturated carbocycles. The quantitative estimate of drug-likeness (QED) is 0.348. The van der Waals surface area contributed by atoms with Crippen LogP contribution in [0.25, 0.3) is 0 Å². The summed E-state index contributed by atoms with van der Waals surface area (Å²) in [5.74, 6) is 1.50. The van der Waals surface area contributed by atoms with E-state index in [1.165, 1.54) is 0 Å². The summed E-state index contributed by atoms with van der Waals surface area (Å²) in [6.45, 7) is 2.10. The van der Waals surface area contributed by atoms with E-state index in [2.05, 4.69) is 0 Å². The molecular weight excluding hydrogens is 336 g/mol. The lowest BCUT2D eigenvalue weighted by Crippen LogP contribution is -2.51. The molecular formula is C19H24O5Si. The summed E-state index contributed by atoms with van der Waals surface area (Å²) in [5, 5.41) is 0. The van der Waals surface area contributed by atoms with Crippen molar-refractivity contribution in [3.05, 3.63) is 60.7 Å². The van der Waals surface area contributed by atoms with E-state index < -0.39 is 8.80 Å². The average Bonchev–Trinajstić information content (AvgIpc) is 3.47. The van der Waals surface area contributed by atoms with Crippen LogP contribution in [0.1, 0.15) is 6.42 Å². The summed E-state index contributed by atoms with van der Waals surface area (Å²) in [7, 11) is -1.27. The fourth-order valence-electron chi connectivity index (χ4n) is 2.41. The molecule has 1 unspecified atom stereocenters. The summed E-state index contributed by atoms with van der Waals surface area (Å²) < 4.78 is 29.0.